The van der Waals surface area contributed by atoms with Crippen LogP contribution in [0.1, 0.15) is 35.8 Å². The molecular weight excluding hydrogens is 344 g/mol. The molecule has 0 atom stereocenters. The van der Waals surface area contributed by atoms with Gasteiger partial charge in [0, 0.05) is 17.0 Å². The Bertz CT molecular complexity index is 841. The van der Waals surface area contributed by atoms with E-state index in [2.05, 4.69) is 4.98 Å². The van der Waals surface area contributed by atoms with Crippen LogP contribution in [-0.4, -0.2) is 28.4 Å². The lowest BCUT2D eigenvalue weighted by Gasteiger charge is -2.08. The number of carbonyl (C=O) groups excluding carboxylic acids is 2. The summed E-state index contributed by atoms with van der Waals surface area (Å²) in [7, 11) is 0. The maximum Gasteiger partial charge on any atom is 0.306 e. The molecule has 1 N–H and O–H groups in total. The average molecular weight is 359 g/mol. The van der Waals surface area contributed by atoms with Crippen molar-refractivity contribution in [2.45, 2.75) is 19.8 Å². The van der Waals surface area contributed by atoms with Crippen LogP contribution in [0.3, 0.4) is 0 Å². The second kappa shape index (κ2) is 8.27. The lowest BCUT2D eigenvalue weighted by atomic mass is 10.0. The van der Waals surface area contributed by atoms with E-state index < -0.39 is 17.5 Å². The van der Waals surface area contributed by atoms with Crippen molar-refractivity contribution in [3.8, 4) is 23.1 Å². The Kier molecular flexibility index (Phi) is 6.09. The van der Waals surface area contributed by atoms with Crippen LogP contribution in [0.25, 0.3) is 11.3 Å². The van der Waals surface area contributed by atoms with Crippen LogP contribution in [0.2, 0.25) is 5.02 Å². The molecule has 2 rings (SSSR count). The van der Waals surface area contributed by atoms with Gasteiger partial charge in [-0.1, -0.05) is 23.7 Å². The molecule has 0 spiro atoms. The molecule has 0 aliphatic heterocycles. The Balaban J connectivity index is 2.35. The summed E-state index contributed by atoms with van der Waals surface area (Å²) in [5.74, 6) is -1.54. The Labute approximate surface area is 149 Å². The number of nitrogens with zero attached hydrogens (tertiary/aromatic N) is 2. The minimum atomic E-state index is -0.544. The number of hydrogen-bond acceptors (Lipinski definition) is 6. The van der Waals surface area contributed by atoms with E-state index in [0.29, 0.717) is 16.3 Å². The number of rotatable bonds is 6. The fourth-order valence-electron chi connectivity index (χ4n) is 2.15. The van der Waals surface area contributed by atoms with Crippen LogP contribution < -0.4 is 0 Å². The van der Waals surface area contributed by atoms with E-state index in [-0.39, 0.29) is 30.7 Å². The van der Waals surface area contributed by atoms with Gasteiger partial charge in [-0.25, -0.2) is 4.98 Å². The van der Waals surface area contributed by atoms with Crippen LogP contribution >= 0.6 is 11.6 Å². The van der Waals surface area contributed by atoms with Gasteiger partial charge < -0.3 is 9.84 Å². The van der Waals surface area contributed by atoms with E-state index in [1.807, 2.05) is 6.07 Å². The van der Waals surface area contributed by atoms with Crippen LogP contribution in [-0.2, 0) is 9.53 Å². The molecule has 1 aromatic carbocycles. The maximum atomic E-state index is 12.3. The smallest absolute Gasteiger partial charge is 0.306 e. The van der Waals surface area contributed by atoms with Gasteiger partial charge in [0.15, 0.2) is 11.5 Å². The molecule has 0 aliphatic carbocycles. The molecule has 1 heterocycles. The molecule has 0 saturated heterocycles. The van der Waals surface area contributed by atoms with Crippen molar-refractivity contribution >= 4 is 23.4 Å². The summed E-state index contributed by atoms with van der Waals surface area (Å²) >= 11 is 5.85. The maximum absolute atomic E-state index is 12.3. The number of nitriles is 1. The minimum Gasteiger partial charge on any atom is -0.504 e. The van der Waals surface area contributed by atoms with E-state index >= 15 is 0 Å². The van der Waals surface area contributed by atoms with Gasteiger partial charge in [0.25, 0.3) is 0 Å². The fourth-order valence-corrected chi connectivity index (χ4v) is 2.28. The number of Topliss-reactive ketones (excluding diaryl/α,β-unsaturated/α-hetero) is 1. The number of aromatic nitrogens is 1. The van der Waals surface area contributed by atoms with Gasteiger partial charge in [-0.05, 0) is 25.1 Å². The number of pyridine rings is 1. The van der Waals surface area contributed by atoms with Crippen molar-refractivity contribution in [2.24, 2.45) is 0 Å². The molecule has 0 bridgehead atoms. The van der Waals surface area contributed by atoms with E-state index in [4.69, 9.17) is 16.3 Å². The van der Waals surface area contributed by atoms with Gasteiger partial charge in [0.1, 0.15) is 11.8 Å². The van der Waals surface area contributed by atoms with Gasteiger partial charge in [-0.3, -0.25) is 9.59 Å². The molecule has 25 heavy (non-hydrogen) atoms. The number of aromatic hydroxyl groups is 1. The van der Waals surface area contributed by atoms with E-state index in [1.54, 1.807) is 31.2 Å². The van der Waals surface area contributed by atoms with Crippen molar-refractivity contribution in [1.29, 1.82) is 5.26 Å². The van der Waals surface area contributed by atoms with Crippen LogP contribution in [0.15, 0.2) is 30.3 Å². The highest BCUT2D eigenvalue weighted by Crippen LogP contribution is 2.28. The first-order chi connectivity index (χ1) is 12.0. The molecule has 7 heteroatoms. The molecule has 0 unspecified atom stereocenters. The zero-order valence-electron chi connectivity index (χ0n) is 13.5. The summed E-state index contributed by atoms with van der Waals surface area (Å²) in [6.07, 6.45) is -0.296. The lowest BCUT2D eigenvalue weighted by molar-refractivity contribution is -0.143. The first-order valence-electron chi connectivity index (χ1n) is 7.55. The molecule has 2 aromatic rings. The first kappa shape index (κ1) is 18.4. The third-order valence-electron chi connectivity index (χ3n) is 3.38. The standard InChI is InChI=1S/C18H15ClN2O4/c1-2-25-16(23)8-7-15(22)17-18(24)12(10-20)9-14(21-17)11-3-5-13(19)6-4-11/h3-6,9,24H,2,7-8H2,1H3. The number of ketones is 1. The monoisotopic (exact) mass is 358 g/mol. The van der Waals surface area contributed by atoms with Crippen molar-refractivity contribution in [1.82, 2.24) is 4.98 Å². The zero-order valence-corrected chi connectivity index (χ0v) is 14.2. The van der Waals surface area contributed by atoms with Gasteiger partial charge in [0.05, 0.1) is 24.3 Å². The molecule has 128 valence electrons. The van der Waals surface area contributed by atoms with E-state index in [0.717, 1.165) is 0 Å². The van der Waals surface area contributed by atoms with Crippen LogP contribution in [0, 0.1) is 11.3 Å². The highest BCUT2D eigenvalue weighted by Gasteiger charge is 2.20. The lowest BCUT2D eigenvalue weighted by Crippen LogP contribution is -2.10. The predicted octanol–water partition coefficient (Wildman–Crippen LogP) is 3.51. The third-order valence-corrected chi connectivity index (χ3v) is 3.63. The quantitative estimate of drug-likeness (QED) is 0.626. The Morgan fingerprint density at radius 3 is 2.56 bits per heavy atom. The van der Waals surface area contributed by atoms with Gasteiger partial charge in [-0.2, -0.15) is 5.26 Å². The summed E-state index contributed by atoms with van der Waals surface area (Å²) in [6, 6.07) is 9.91. The Morgan fingerprint density at radius 1 is 1.28 bits per heavy atom. The van der Waals surface area contributed by atoms with Crippen molar-refractivity contribution in [3.05, 3.63) is 46.6 Å². The Morgan fingerprint density at radius 2 is 1.96 bits per heavy atom. The van der Waals surface area contributed by atoms with Crippen LogP contribution in [0.5, 0.6) is 5.75 Å². The fraction of sp³-hybridized carbons (Fsp3) is 0.222. The molecule has 6 nitrogen and oxygen atoms in total. The van der Waals surface area contributed by atoms with Crippen molar-refractivity contribution in [3.63, 3.8) is 0 Å². The van der Waals surface area contributed by atoms with Gasteiger partial charge >= 0.3 is 5.97 Å². The number of esters is 1. The van der Waals surface area contributed by atoms with Crippen molar-refractivity contribution < 1.29 is 19.4 Å². The number of hydrogen-bond donors (Lipinski definition) is 1. The molecular formula is C18H15ClN2O4. The van der Waals surface area contributed by atoms with Gasteiger partial charge in [0.2, 0.25) is 0 Å². The number of carbonyl (C=O) groups is 2. The second-order valence-corrected chi connectivity index (χ2v) is 5.54. The average Bonchev–Trinajstić information content (AvgIpc) is 2.61. The summed E-state index contributed by atoms with van der Waals surface area (Å²) in [4.78, 5) is 27.9. The normalized spacial score (nSPS) is 10.1. The summed E-state index contributed by atoms with van der Waals surface area (Å²) in [5, 5.41) is 19.8. The van der Waals surface area contributed by atoms with Gasteiger partial charge in [-0.15, -0.1) is 0 Å². The summed E-state index contributed by atoms with van der Waals surface area (Å²) in [5.41, 5.74) is 0.679. The largest absolute Gasteiger partial charge is 0.504 e. The highest BCUT2D eigenvalue weighted by atomic mass is 35.5. The highest BCUT2D eigenvalue weighted by molar-refractivity contribution is 6.30. The number of ether oxygens (including phenoxy) is 1. The molecule has 0 fully saturated rings. The predicted molar refractivity (Wildman–Crippen MR) is 91.3 cm³/mol. The summed E-state index contributed by atoms with van der Waals surface area (Å²) < 4.78 is 4.77. The second-order valence-electron chi connectivity index (χ2n) is 5.10. The topological polar surface area (TPSA) is 100 Å². The SMILES string of the molecule is CCOC(=O)CCC(=O)c1nc(-c2ccc(Cl)cc2)cc(C#N)c1O. The zero-order chi connectivity index (χ0) is 18.4. The molecule has 0 saturated carbocycles. The molecule has 0 amide bonds. The number of halogens is 1. The molecule has 1 aromatic heterocycles. The molecule has 0 radical (unpaired) electrons. The third kappa shape index (κ3) is 4.55. The van der Waals surface area contributed by atoms with E-state index in [9.17, 15) is 20.0 Å². The van der Waals surface area contributed by atoms with E-state index in [1.165, 1.54) is 6.07 Å². The molecule has 0 aliphatic rings. The summed E-state index contributed by atoms with van der Waals surface area (Å²) in [6.45, 7) is 1.89. The first-order valence-corrected chi connectivity index (χ1v) is 7.93. The number of benzene rings is 1. The minimum absolute atomic E-state index is 0.0700. The van der Waals surface area contributed by atoms with Crippen molar-refractivity contribution in [2.75, 3.05) is 6.61 Å². The van der Waals surface area contributed by atoms with Crippen LogP contribution in [0.4, 0.5) is 0 Å². The Hall–Kier alpha value is -2.91.